The maximum atomic E-state index is 11.6. The number of hydrogen-bond acceptors (Lipinski definition) is 3. The van der Waals surface area contributed by atoms with Gasteiger partial charge in [0.2, 0.25) is 0 Å². The molecule has 106 valence electrons. The summed E-state index contributed by atoms with van der Waals surface area (Å²) in [6, 6.07) is 8.44. The summed E-state index contributed by atoms with van der Waals surface area (Å²) in [7, 11) is 0. The van der Waals surface area contributed by atoms with Crippen LogP contribution in [-0.4, -0.2) is 24.0 Å². The summed E-state index contributed by atoms with van der Waals surface area (Å²) in [5.74, 6) is 0. The quantitative estimate of drug-likeness (QED) is 0.852. The molecule has 0 fully saturated rings. The van der Waals surface area contributed by atoms with Gasteiger partial charge in [-0.15, -0.1) is 11.8 Å². The summed E-state index contributed by atoms with van der Waals surface area (Å²) in [4.78, 5) is 12.9. The molecule has 0 aliphatic rings. The normalized spacial score (nSPS) is 12.9. The van der Waals surface area contributed by atoms with Crippen LogP contribution in [0.5, 0.6) is 0 Å². The minimum Gasteiger partial charge on any atom is -0.444 e. The van der Waals surface area contributed by atoms with Gasteiger partial charge in [0, 0.05) is 10.9 Å². The second-order valence-electron chi connectivity index (χ2n) is 5.60. The van der Waals surface area contributed by atoms with Crippen LogP contribution in [0.3, 0.4) is 0 Å². The van der Waals surface area contributed by atoms with Crippen LogP contribution in [-0.2, 0) is 11.2 Å². The number of nitrogens with one attached hydrogen (secondary N) is 1. The van der Waals surface area contributed by atoms with Gasteiger partial charge < -0.3 is 10.1 Å². The molecule has 19 heavy (non-hydrogen) atoms. The van der Waals surface area contributed by atoms with E-state index in [1.54, 1.807) is 11.8 Å². The first-order valence-electron chi connectivity index (χ1n) is 6.42. The number of rotatable bonds is 4. The molecule has 0 aliphatic heterocycles. The molecule has 1 aromatic carbocycles. The summed E-state index contributed by atoms with van der Waals surface area (Å²) in [6.07, 6.45) is 2.50. The topological polar surface area (TPSA) is 38.3 Å². The molecule has 0 spiro atoms. The SMILES string of the molecule is CSc1ccc(C[C@H](C)NC(=O)OC(C)(C)C)cc1. The van der Waals surface area contributed by atoms with Crippen LogP contribution >= 0.6 is 11.8 Å². The van der Waals surface area contributed by atoms with Crippen LogP contribution in [0.2, 0.25) is 0 Å². The zero-order valence-electron chi connectivity index (χ0n) is 12.3. The van der Waals surface area contributed by atoms with E-state index in [1.165, 1.54) is 10.5 Å². The lowest BCUT2D eigenvalue weighted by molar-refractivity contribution is 0.0508. The number of benzene rings is 1. The lowest BCUT2D eigenvalue weighted by Gasteiger charge is -2.22. The molecule has 1 amide bonds. The van der Waals surface area contributed by atoms with Crippen molar-refractivity contribution in [2.24, 2.45) is 0 Å². The van der Waals surface area contributed by atoms with E-state index >= 15 is 0 Å². The van der Waals surface area contributed by atoms with Crippen LogP contribution in [0, 0.1) is 0 Å². The Morgan fingerprint density at radius 3 is 2.37 bits per heavy atom. The first-order valence-corrected chi connectivity index (χ1v) is 7.65. The maximum absolute atomic E-state index is 11.6. The Hall–Kier alpha value is -1.16. The fourth-order valence-corrected chi connectivity index (χ4v) is 2.08. The van der Waals surface area contributed by atoms with Crippen LogP contribution in [0.1, 0.15) is 33.3 Å². The van der Waals surface area contributed by atoms with E-state index in [2.05, 4.69) is 35.8 Å². The van der Waals surface area contributed by atoms with Gasteiger partial charge in [0.25, 0.3) is 0 Å². The van der Waals surface area contributed by atoms with E-state index in [0.717, 1.165) is 6.42 Å². The van der Waals surface area contributed by atoms with Gasteiger partial charge in [-0.2, -0.15) is 0 Å². The monoisotopic (exact) mass is 281 g/mol. The molecule has 1 N–H and O–H groups in total. The number of carbonyl (C=O) groups is 1. The highest BCUT2D eigenvalue weighted by Crippen LogP contribution is 2.15. The molecule has 1 atom stereocenters. The van der Waals surface area contributed by atoms with Gasteiger partial charge in [0.1, 0.15) is 5.60 Å². The minimum atomic E-state index is -0.455. The van der Waals surface area contributed by atoms with Crippen molar-refractivity contribution in [3.05, 3.63) is 29.8 Å². The zero-order chi connectivity index (χ0) is 14.5. The molecule has 0 aliphatic carbocycles. The Bertz CT molecular complexity index is 409. The third-order valence-electron chi connectivity index (χ3n) is 2.46. The van der Waals surface area contributed by atoms with Crippen molar-refractivity contribution < 1.29 is 9.53 Å². The number of thioether (sulfide) groups is 1. The average Bonchev–Trinajstić information content (AvgIpc) is 2.27. The lowest BCUT2D eigenvalue weighted by atomic mass is 10.1. The van der Waals surface area contributed by atoms with Crippen molar-refractivity contribution in [3.63, 3.8) is 0 Å². The van der Waals surface area contributed by atoms with Gasteiger partial charge in [-0.25, -0.2) is 4.79 Å². The molecule has 0 bridgehead atoms. The van der Waals surface area contributed by atoms with Crippen molar-refractivity contribution in [2.75, 3.05) is 6.26 Å². The Morgan fingerprint density at radius 1 is 1.32 bits per heavy atom. The van der Waals surface area contributed by atoms with E-state index in [1.807, 2.05) is 27.7 Å². The molecule has 0 saturated heterocycles. The third-order valence-corrected chi connectivity index (χ3v) is 3.21. The second kappa shape index (κ2) is 6.85. The van der Waals surface area contributed by atoms with Gasteiger partial charge in [-0.3, -0.25) is 0 Å². The molecule has 4 heteroatoms. The molecule has 0 heterocycles. The fraction of sp³-hybridized carbons (Fsp3) is 0.533. The lowest BCUT2D eigenvalue weighted by Crippen LogP contribution is -2.38. The van der Waals surface area contributed by atoms with Crippen LogP contribution in [0.25, 0.3) is 0 Å². The zero-order valence-corrected chi connectivity index (χ0v) is 13.1. The van der Waals surface area contributed by atoms with Crippen molar-refractivity contribution in [1.82, 2.24) is 5.32 Å². The van der Waals surface area contributed by atoms with Crippen LogP contribution in [0.15, 0.2) is 29.2 Å². The van der Waals surface area contributed by atoms with Crippen molar-refractivity contribution in [1.29, 1.82) is 0 Å². The molecule has 0 aromatic heterocycles. The second-order valence-corrected chi connectivity index (χ2v) is 6.48. The molecule has 0 unspecified atom stereocenters. The number of hydrogen-bond donors (Lipinski definition) is 1. The molecule has 1 rings (SSSR count). The third kappa shape index (κ3) is 6.53. The maximum Gasteiger partial charge on any atom is 0.407 e. The summed E-state index contributed by atoms with van der Waals surface area (Å²) in [5.41, 5.74) is 0.755. The van der Waals surface area contributed by atoms with Crippen LogP contribution in [0.4, 0.5) is 4.79 Å². The first-order chi connectivity index (χ1) is 8.80. The Balaban J connectivity index is 2.46. The summed E-state index contributed by atoms with van der Waals surface area (Å²) in [6.45, 7) is 7.56. The number of ether oxygens (including phenoxy) is 1. The van der Waals surface area contributed by atoms with E-state index in [9.17, 15) is 4.79 Å². The minimum absolute atomic E-state index is 0.0509. The molecule has 1 aromatic rings. The molecule has 0 radical (unpaired) electrons. The molecular formula is C15H23NO2S. The predicted octanol–water partition coefficient (Wildman–Crippen LogP) is 3.86. The van der Waals surface area contributed by atoms with Crippen molar-refractivity contribution in [2.45, 2.75) is 50.7 Å². The summed E-state index contributed by atoms with van der Waals surface area (Å²) >= 11 is 1.72. The highest BCUT2D eigenvalue weighted by Gasteiger charge is 2.17. The van der Waals surface area contributed by atoms with Gasteiger partial charge in [0.15, 0.2) is 0 Å². The van der Waals surface area contributed by atoms with E-state index < -0.39 is 5.60 Å². The first kappa shape index (κ1) is 15.9. The largest absolute Gasteiger partial charge is 0.444 e. The number of amides is 1. The van der Waals surface area contributed by atoms with Crippen molar-refractivity contribution in [3.8, 4) is 0 Å². The van der Waals surface area contributed by atoms with E-state index in [4.69, 9.17) is 4.74 Å². The highest BCUT2D eigenvalue weighted by molar-refractivity contribution is 7.98. The van der Waals surface area contributed by atoms with Crippen LogP contribution < -0.4 is 5.32 Å². The number of carbonyl (C=O) groups excluding carboxylic acids is 1. The average molecular weight is 281 g/mol. The molecule has 0 saturated carbocycles. The Kier molecular flexibility index (Phi) is 5.73. The van der Waals surface area contributed by atoms with E-state index in [0.29, 0.717) is 0 Å². The Labute approximate surface area is 120 Å². The number of alkyl carbamates (subject to hydrolysis) is 1. The fourth-order valence-electron chi connectivity index (χ4n) is 1.67. The Morgan fingerprint density at radius 2 is 1.89 bits per heavy atom. The molecular weight excluding hydrogens is 258 g/mol. The standard InChI is InChI=1S/C15H23NO2S/c1-11(16-14(17)18-15(2,3)4)10-12-6-8-13(19-5)9-7-12/h6-9,11H,10H2,1-5H3,(H,16,17)/t11-/m0/s1. The van der Waals surface area contributed by atoms with Crippen molar-refractivity contribution >= 4 is 17.9 Å². The predicted molar refractivity (Wildman–Crippen MR) is 80.8 cm³/mol. The van der Waals surface area contributed by atoms with Gasteiger partial charge in [-0.05, 0) is 58.1 Å². The van der Waals surface area contributed by atoms with E-state index in [-0.39, 0.29) is 12.1 Å². The highest BCUT2D eigenvalue weighted by atomic mass is 32.2. The van der Waals surface area contributed by atoms with Gasteiger partial charge >= 0.3 is 6.09 Å². The van der Waals surface area contributed by atoms with Gasteiger partial charge in [0.05, 0.1) is 0 Å². The molecule has 3 nitrogen and oxygen atoms in total. The van der Waals surface area contributed by atoms with Gasteiger partial charge in [-0.1, -0.05) is 12.1 Å². The summed E-state index contributed by atoms with van der Waals surface area (Å²) in [5, 5.41) is 2.85. The summed E-state index contributed by atoms with van der Waals surface area (Å²) < 4.78 is 5.23. The smallest absolute Gasteiger partial charge is 0.407 e.